The van der Waals surface area contributed by atoms with Crippen molar-refractivity contribution in [1.82, 2.24) is 4.72 Å². The third kappa shape index (κ3) is 5.39. The highest BCUT2D eigenvalue weighted by Crippen LogP contribution is 2.41. The first kappa shape index (κ1) is 21.6. The van der Waals surface area contributed by atoms with Gasteiger partial charge in [-0.15, -0.1) is 11.3 Å². The highest BCUT2D eigenvalue weighted by Gasteiger charge is 2.23. The van der Waals surface area contributed by atoms with Crippen molar-refractivity contribution in [3.8, 4) is 11.5 Å². The second-order valence-corrected chi connectivity index (χ2v) is 8.95. The van der Waals surface area contributed by atoms with Crippen LogP contribution in [0, 0.1) is 6.92 Å². The van der Waals surface area contributed by atoms with Crippen LogP contribution in [0.25, 0.3) is 10.1 Å². The van der Waals surface area contributed by atoms with Crippen molar-refractivity contribution in [1.29, 1.82) is 0 Å². The summed E-state index contributed by atoms with van der Waals surface area (Å²) in [6.45, 7) is 4.05. The second kappa shape index (κ2) is 10.00. The van der Waals surface area contributed by atoms with E-state index in [-0.39, 0.29) is 10.8 Å². The molecule has 0 aliphatic carbocycles. The summed E-state index contributed by atoms with van der Waals surface area (Å²) in [5.74, 6) is 1.18. The van der Waals surface area contributed by atoms with Crippen LogP contribution in [0.2, 0.25) is 0 Å². The van der Waals surface area contributed by atoms with E-state index in [1.54, 1.807) is 6.92 Å². The molecule has 0 aliphatic heterocycles. The lowest BCUT2D eigenvalue weighted by atomic mass is 10.2. The zero-order valence-electron chi connectivity index (χ0n) is 15.5. The summed E-state index contributed by atoms with van der Waals surface area (Å²) in [7, 11) is -3.74. The number of rotatable bonds is 12. The van der Waals surface area contributed by atoms with Crippen molar-refractivity contribution in [2.45, 2.75) is 24.0 Å². The van der Waals surface area contributed by atoms with Crippen molar-refractivity contribution < 1.29 is 34.2 Å². The third-order valence-corrected chi connectivity index (χ3v) is 7.16. The number of hydrogen-bond donors (Lipinski definition) is 3. The largest absolute Gasteiger partial charge is 0.489 e. The van der Waals surface area contributed by atoms with Gasteiger partial charge in [-0.05, 0) is 18.6 Å². The first-order chi connectivity index (χ1) is 12.9. The second-order valence-electron chi connectivity index (χ2n) is 5.94. The molecule has 27 heavy (non-hydrogen) atoms. The molecule has 1 aromatic heterocycles. The molecule has 1 aromatic carbocycles. The first-order valence-electron chi connectivity index (χ1n) is 8.79. The van der Waals surface area contributed by atoms with Crippen LogP contribution in [-0.4, -0.2) is 47.6 Å². The maximum atomic E-state index is 12.4. The molecule has 2 rings (SSSR count). The Morgan fingerprint density at radius 1 is 1.11 bits per heavy atom. The lowest BCUT2D eigenvalue weighted by Crippen LogP contribution is -2.50. The summed E-state index contributed by atoms with van der Waals surface area (Å²) >= 11 is 1.15. The Labute approximate surface area is 162 Å². The summed E-state index contributed by atoms with van der Waals surface area (Å²) in [5, 5.41) is 0.792. The Kier molecular flexibility index (Phi) is 7.99. The Bertz CT molecular complexity index is 880. The van der Waals surface area contributed by atoms with Crippen LogP contribution in [0.4, 0.5) is 0 Å². The van der Waals surface area contributed by atoms with E-state index in [0.29, 0.717) is 36.6 Å². The Hall–Kier alpha value is -1.72. The van der Waals surface area contributed by atoms with Crippen molar-refractivity contribution in [3.05, 3.63) is 17.7 Å². The highest BCUT2D eigenvalue weighted by molar-refractivity contribution is 7.91. The van der Waals surface area contributed by atoms with Gasteiger partial charge in [0, 0.05) is 29.0 Å². The van der Waals surface area contributed by atoms with E-state index in [0.717, 1.165) is 47.4 Å². The van der Waals surface area contributed by atoms with E-state index in [1.807, 2.05) is 12.1 Å². The lowest BCUT2D eigenvalue weighted by Gasteiger charge is -2.12. The van der Waals surface area contributed by atoms with Gasteiger partial charge in [0.25, 0.3) is 10.0 Å². The van der Waals surface area contributed by atoms with Gasteiger partial charge in [0.15, 0.2) is 11.5 Å². The fraction of sp³-hybridized carbons (Fsp3) is 0.471. The number of aldehydes is 1. The van der Waals surface area contributed by atoms with E-state index in [1.165, 1.54) is 0 Å². The van der Waals surface area contributed by atoms with Gasteiger partial charge in [-0.1, -0.05) is 0 Å². The minimum atomic E-state index is -3.74. The molecule has 10 heteroatoms. The zero-order valence-corrected chi connectivity index (χ0v) is 17.1. The number of fused-ring (bicyclic) bond motifs is 1. The van der Waals surface area contributed by atoms with Crippen LogP contribution in [0.15, 0.2) is 16.3 Å². The average molecular weight is 418 g/mol. The number of carbonyl (C=O) groups is 1. The molecular weight excluding hydrogens is 390 g/mol. The number of quaternary nitrogens is 2. The molecule has 2 aromatic rings. The van der Waals surface area contributed by atoms with Gasteiger partial charge >= 0.3 is 0 Å². The van der Waals surface area contributed by atoms with Crippen LogP contribution in [0.3, 0.4) is 0 Å². The number of aryl methyl sites for hydroxylation is 1. The molecule has 0 amide bonds. The van der Waals surface area contributed by atoms with Gasteiger partial charge < -0.3 is 25.7 Å². The van der Waals surface area contributed by atoms with Crippen LogP contribution >= 0.6 is 11.3 Å². The Balaban J connectivity index is 2.44. The predicted octanol–water partition coefficient (Wildman–Crippen LogP) is -0.291. The van der Waals surface area contributed by atoms with Crippen LogP contribution in [0.5, 0.6) is 11.5 Å². The number of nitrogens with one attached hydrogen (secondary N) is 1. The summed E-state index contributed by atoms with van der Waals surface area (Å²) in [4.78, 5) is 10.5. The van der Waals surface area contributed by atoms with E-state index in [9.17, 15) is 13.2 Å². The molecule has 0 fully saturated rings. The standard InChI is InChI=1S/C17H25N3O5S2/c1-12-13-10-14(24-8-2-4-18)15(25-9-3-5-19)11-16(13)26-17(12)27(22,23)20-6-7-21/h7,10-11,20H,2-6,8-9,18-19H2,1H3/p+2. The van der Waals surface area contributed by atoms with Crippen LogP contribution < -0.4 is 25.7 Å². The first-order valence-corrected chi connectivity index (χ1v) is 11.1. The molecule has 150 valence electrons. The quantitative estimate of drug-likeness (QED) is 0.322. The van der Waals surface area contributed by atoms with Crippen LogP contribution in [-0.2, 0) is 14.8 Å². The molecular formula is C17H27N3O5S2+2. The van der Waals surface area contributed by atoms with Crippen molar-refractivity contribution in [3.63, 3.8) is 0 Å². The fourth-order valence-corrected chi connectivity index (χ4v) is 5.23. The van der Waals surface area contributed by atoms with E-state index in [2.05, 4.69) is 16.2 Å². The molecule has 0 aliphatic rings. The van der Waals surface area contributed by atoms with Gasteiger partial charge in [0.1, 0.15) is 10.5 Å². The molecule has 0 unspecified atom stereocenters. The molecule has 0 bridgehead atoms. The van der Waals surface area contributed by atoms with Crippen molar-refractivity contribution >= 4 is 37.7 Å². The van der Waals surface area contributed by atoms with Crippen molar-refractivity contribution in [2.24, 2.45) is 0 Å². The molecule has 0 radical (unpaired) electrons. The molecule has 0 saturated heterocycles. The number of carbonyl (C=O) groups excluding carboxylic acids is 1. The van der Waals surface area contributed by atoms with Crippen molar-refractivity contribution in [2.75, 3.05) is 32.8 Å². The predicted molar refractivity (Wildman–Crippen MR) is 104 cm³/mol. The third-order valence-electron chi connectivity index (χ3n) is 3.86. The molecule has 0 spiro atoms. The highest BCUT2D eigenvalue weighted by atomic mass is 32.2. The molecule has 0 atom stereocenters. The smallest absolute Gasteiger partial charge is 0.250 e. The zero-order chi connectivity index (χ0) is 19.9. The SMILES string of the molecule is Cc1c(S(=O)(=O)NCC=O)sc2cc(OCCC[NH3+])c(OCCC[NH3+])cc12. The van der Waals surface area contributed by atoms with E-state index < -0.39 is 10.0 Å². The molecule has 8 nitrogen and oxygen atoms in total. The van der Waals surface area contributed by atoms with Gasteiger partial charge in [-0.3, -0.25) is 0 Å². The monoisotopic (exact) mass is 417 g/mol. The molecule has 0 saturated carbocycles. The number of sulfonamides is 1. The number of hydrogen-bond acceptors (Lipinski definition) is 6. The van der Waals surface area contributed by atoms with Gasteiger partial charge in [0.05, 0.1) is 32.8 Å². The maximum Gasteiger partial charge on any atom is 0.250 e. The topological polar surface area (TPSA) is 137 Å². The lowest BCUT2D eigenvalue weighted by molar-refractivity contribution is -0.369. The maximum absolute atomic E-state index is 12.4. The van der Waals surface area contributed by atoms with Gasteiger partial charge in [0.2, 0.25) is 0 Å². The van der Waals surface area contributed by atoms with Crippen LogP contribution in [0.1, 0.15) is 18.4 Å². The molecule has 1 heterocycles. The number of thiophene rings is 1. The Morgan fingerprint density at radius 2 is 1.70 bits per heavy atom. The Morgan fingerprint density at radius 3 is 2.26 bits per heavy atom. The normalized spacial score (nSPS) is 11.7. The summed E-state index contributed by atoms with van der Waals surface area (Å²) < 4.78 is 39.8. The number of ether oxygens (including phenoxy) is 2. The van der Waals surface area contributed by atoms with Gasteiger partial charge in [-0.25, -0.2) is 13.1 Å². The van der Waals surface area contributed by atoms with Gasteiger partial charge in [-0.2, -0.15) is 0 Å². The fourth-order valence-electron chi connectivity index (χ4n) is 2.46. The molecule has 7 N–H and O–H groups in total. The average Bonchev–Trinajstić information content (AvgIpc) is 2.97. The summed E-state index contributed by atoms with van der Waals surface area (Å²) in [6, 6.07) is 3.64. The van der Waals surface area contributed by atoms with E-state index in [4.69, 9.17) is 9.47 Å². The number of benzene rings is 1. The van der Waals surface area contributed by atoms with E-state index >= 15 is 0 Å². The summed E-state index contributed by atoms with van der Waals surface area (Å²) in [5.41, 5.74) is 8.23. The minimum Gasteiger partial charge on any atom is -0.489 e. The summed E-state index contributed by atoms with van der Waals surface area (Å²) in [6.07, 6.45) is 2.15. The minimum absolute atomic E-state index is 0.193.